The number of hydrogen-bond acceptors (Lipinski definition) is 7. The molecule has 2 fully saturated rings. The summed E-state index contributed by atoms with van der Waals surface area (Å²) in [6.45, 7) is 8.01. The number of morpholine rings is 1. The maximum atomic E-state index is 16.3. The van der Waals surface area contributed by atoms with Crippen molar-refractivity contribution in [3.8, 4) is 11.1 Å². The maximum absolute atomic E-state index is 16.3. The molecule has 0 spiro atoms. The third-order valence-corrected chi connectivity index (χ3v) is 7.40. The Morgan fingerprint density at radius 1 is 1.07 bits per heavy atom. The number of aromatic nitrogens is 2. The minimum Gasteiger partial charge on any atom is -0.372 e. The number of piperazine rings is 1. The second-order valence-electron chi connectivity index (χ2n) is 10.9. The molecule has 2 aromatic heterocycles. The zero-order chi connectivity index (χ0) is 31.1. The number of carbonyl (C=O) groups is 1. The third kappa shape index (κ3) is 6.49. The fraction of sp³-hybridized carbons (Fsp3) is 0.414. The van der Waals surface area contributed by atoms with Crippen LogP contribution in [0.15, 0.2) is 41.5 Å². The van der Waals surface area contributed by atoms with Gasteiger partial charge >= 0.3 is 6.18 Å². The largest absolute Gasteiger partial charge is 0.417 e. The molecule has 9 nitrogen and oxygen atoms in total. The summed E-state index contributed by atoms with van der Waals surface area (Å²) in [6, 6.07) is 4.36. The molecule has 3 atom stereocenters. The highest BCUT2D eigenvalue weighted by Crippen LogP contribution is 2.39. The number of alkyl halides is 3. The first-order valence-corrected chi connectivity index (χ1v) is 13.8. The Labute approximate surface area is 244 Å². The highest BCUT2D eigenvalue weighted by Gasteiger charge is 2.37. The van der Waals surface area contributed by atoms with Crippen molar-refractivity contribution < 1.29 is 31.5 Å². The van der Waals surface area contributed by atoms with Crippen molar-refractivity contribution in [3.63, 3.8) is 0 Å². The number of H-pyrrole nitrogens is 1. The topological polar surface area (TPSA) is 103 Å². The molecule has 3 N–H and O–H groups in total. The quantitative estimate of drug-likeness (QED) is 0.370. The van der Waals surface area contributed by atoms with Gasteiger partial charge in [0.2, 0.25) is 5.56 Å². The molecule has 230 valence electrons. The molecule has 4 heterocycles. The van der Waals surface area contributed by atoms with E-state index in [-0.39, 0.29) is 35.6 Å². The van der Waals surface area contributed by atoms with Gasteiger partial charge in [-0.25, -0.2) is 13.8 Å². The average Bonchev–Trinajstić information content (AvgIpc) is 2.93. The molecule has 0 radical (unpaired) electrons. The summed E-state index contributed by atoms with van der Waals surface area (Å²) < 4.78 is 78.8. The van der Waals surface area contributed by atoms with Gasteiger partial charge in [-0.3, -0.25) is 9.59 Å². The Hall–Kier alpha value is -4.04. The number of nitrogens with zero attached hydrogens (tertiary/aromatic N) is 3. The van der Waals surface area contributed by atoms with Crippen LogP contribution in [0.2, 0.25) is 0 Å². The predicted molar refractivity (Wildman–Crippen MR) is 152 cm³/mol. The van der Waals surface area contributed by atoms with E-state index in [1.807, 2.05) is 25.7 Å². The second kappa shape index (κ2) is 11.9. The summed E-state index contributed by atoms with van der Waals surface area (Å²) in [5.74, 6) is -2.84. The Balaban J connectivity index is 1.56. The number of halogens is 5. The van der Waals surface area contributed by atoms with Crippen LogP contribution in [0.1, 0.15) is 36.7 Å². The molecule has 14 heteroatoms. The molecule has 43 heavy (non-hydrogen) atoms. The van der Waals surface area contributed by atoms with E-state index >= 15 is 8.78 Å². The fourth-order valence-electron chi connectivity index (χ4n) is 5.55. The number of amides is 1. The Morgan fingerprint density at radius 3 is 2.42 bits per heavy atom. The zero-order valence-corrected chi connectivity index (χ0v) is 23.7. The van der Waals surface area contributed by atoms with Crippen molar-refractivity contribution in [2.24, 2.45) is 0 Å². The van der Waals surface area contributed by atoms with E-state index in [0.29, 0.717) is 44.7 Å². The van der Waals surface area contributed by atoms with Crippen molar-refractivity contribution in [1.29, 1.82) is 0 Å². The molecule has 2 saturated heterocycles. The Morgan fingerprint density at radius 2 is 1.79 bits per heavy atom. The van der Waals surface area contributed by atoms with Crippen molar-refractivity contribution in [2.75, 3.05) is 47.8 Å². The SMILES string of the molecule is C[C@@H]1CN(c2ccc(-c3c(F)cc(N4CCN[C@@H](C)C4)c(NC(=O)c4c[nH]c(=O)cc4C(F)(F)F)c3F)cn2)C[C@H](C)O1. The highest BCUT2D eigenvalue weighted by molar-refractivity contribution is 6.07. The first-order chi connectivity index (χ1) is 20.3. The lowest BCUT2D eigenvalue weighted by Gasteiger charge is -2.36. The van der Waals surface area contributed by atoms with E-state index in [2.05, 4.69) is 20.6 Å². The van der Waals surface area contributed by atoms with Crippen LogP contribution in [0.3, 0.4) is 0 Å². The summed E-state index contributed by atoms with van der Waals surface area (Å²) in [5, 5.41) is 5.45. The first-order valence-electron chi connectivity index (χ1n) is 13.8. The minimum absolute atomic E-state index is 0.0284. The van der Waals surface area contributed by atoms with Crippen LogP contribution in [0.5, 0.6) is 0 Å². The standard InChI is InChI=1S/C29H31F5N6O3/c1-15-12-39(7-6-35-15)22-9-21(30)25(18-4-5-23(36-10-18)40-13-16(2)43-17(3)14-40)26(31)27(22)38-28(42)19-11-37-24(41)8-20(19)29(32,33)34/h4-5,8-11,15-17,35H,6-7,12-14H2,1-3H3,(H,37,41)(H,38,42)/t15-,16-,17+/m0/s1. The first kappa shape index (κ1) is 30.4. The number of carbonyl (C=O) groups excluding carboxylic acids is 1. The minimum atomic E-state index is -5.03. The molecular weight excluding hydrogens is 575 g/mol. The normalized spacial score (nSPS) is 21.2. The molecule has 1 amide bonds. The maximum Gasteiger partial charge on any atom is 0.417 e. The van der Waals surface area contributed by atoms with Gasteiger partial charge in [0.25, 0.3) is 5.91 Å². The molecule has 0 unspecified atom stereocenters. The number of hydrogen-bond donors (Lipinski definition) is 3. The predicted octanol–water partition coefficient (Wildman–Crippen LogP) is 4.40. The van der Waals surface area contributed by atoms with E-state index in [1.54, 1.807) is 11.0 Å². The number of anilines is 3. The van der Waals surface area contributed by atoms with Crippen LogP contribution in [-0.2, 0) is 10.9 Å². The van der Waals surface area contributed by atoms with Gasteiger partial charge in [-0.2, -0.15) is 13.2 Å². The van der Waals surface area contributed by atoms with Crippen LogP contribution >= 0.6 is 0 Å². The van der Waals surface area contributed by atoms with Gasteiger partial charge < -0.3 is 30.2 Å². The van der Waals surface area contributed by atoms with Crippen molar-refractivity contribution >= 4 is 23.1 Å². The van der Waals surface area contributed by atoms with Crippen LogP contribution in [-0.4, -0.2) is 66.8 Å². The number of rotatable bonds is 5. The third-order valence-electron chi connectivity index (χ3n) is 7.40. The molecule has 0 aliphatic carbocycles. The second-order valence-corrected chi connectivity index (χ2v) is 10.9. The molecule has 0 saturated carbocycles. The zero-order valence-electron chi connectivity index (χ0n) is 23.7. The van der Waals surface area contributed by atoms with E-state index in [9.17, 15) is 22.8 Å². The Bertz CT molecular complexity index is 1550. The van der Waals surface area contributed by atoms with Gasteiger partial charge in [0.1, 0.15) is 17.3 Å². The number of nitrogens with one attached hydrogen (secondary N) is 3. The number of benzene rings is 1. The van der Waals surface area contributed by atoms with Gasteiger partial charge in [0, 0.05) is 68.9 Å². The summed E-state index contributed by atoms with van der Waals surface area (Å²) in [5.41, 5.74) is -4.41. The van der Waals surface area contributed by atoms with Crippen molar-refractivity contribution in [1.82, 2.24) is 15.3 Å². The number of pyridine rings is 2. The van der Waals surface area contributed by atoms with Crippen molar-refractivity contribution in [2.45, 2.75) is 45.2 Å². The summed E-state index contributed by atoms with van der Waals surface area (Å²) in [4.78, 5) is 34.9. The molecule has 0 bridgehead atoms. The van der Waals surface area contributed by atoms with Gasteiger partial charge in [-0.05, 0) is 32.9 Å². The van der Waals surface area contributed by atoms with E-state index in [0.717, 1.165) is 6.07 Å². The molecule has 1 aromatic carbocycles. The molecule has 2 aliphatic rings. The van der Waals surface area contributed by atoms with Crippen molar-refractivity contribution in [3.05, 3.63) is 69.8 Å². The van der Waals surface area contributed by atoms with Crippen LogP contribution < -0.4 is 26.0 Å². The van der Waals surface area contributed by atoms with Gasteiger partial charge in [0.05, 0.1) is 34.6 Å². The van der Waals surface area contributed by atoms with Crippen LogP contribution in [0.4, 0.5) is 39.1 Å². The monoisotopic (exact) mass is 606 g/mol. The van der Waals surface area contributed by atoms with Gasteiger partial charge in [0.15, 0.2) is 5.82 Å². The summed E-state index contributed by atoms with van der Waals surface area (Å²) >= 11 is 0. The highest BCUT2D eigenvalue weighted by atomic mass is 19.4. The molecule has 5 rings (SSSR count). The summed E-state index contributed by atoms with van der Waals surface area (Å²) in [7, 11) is 0. The molecule has 2 aliphatic heterocycles. The lowest BCUT2D eigenvalue weighted by atomic mass is 10.0. The van der Waals surface area contributed by atoms with Gasteiger partial charge in [-0.1, -0.05) is 0 Å². The Kier molecular flexibility index (Phi) is 8.43. The average molecular weight is 607 g/mol. The lowest BCUT2D eigenvalue weighted by molar-refractivity contribution is -0.138. The van der Waals surface area contributed by atoms with E-state index in [1.165, 1.54) is 12.3 Å². The molecular formula is C29H31F5N6O3. The number of aromatic amines is 1. The van der Waals surface area contributed by atoms with Crippen LogP contribution in [0.25, 0.3) is 11.1 Å². The van der Waals surface area contributed by atoms with Crippen LogP contribution in [0, 0.1) is 11.6 Å². The van der Waals surface area contributed by atoms with E-state index < -0.39 is 51.7 Å². The summed E-state index contributed by atoms with van der Waals surface area (Å²) in [6.07, 6.45) is -3.18. The lowest BCUT2D eigenvalue weighted by Crippen LogP contribution is -2.49. The van der Waals surface area contributed by atoms with E-state index in [4.69, 9.17) is 4.74 Å². The molecule has 3 aromatic rings. The smallest absolute Gasteiger partial charge is 0.372 e. The van der Waals surface area contributed by atoms with Gasteiger partial charge in [-0.15, -0.1) is 0 Å². The fourth-order valence-corrected chi connectivity index (χ4v) is 5.55. The number of ether oxygens (including phenoxy) is 1.